The molecule has 0 saturated carbocycles. The second-order valence-electron chi connectivity index (χ2n) is 5.27. The van der Waals surface area contributed by atoms with Crippen molar-refractivity contribution in [3.8, 4) is 5.75 Å². The summed E-state index contributed by atoms with van der Waals surface area (Å²) in [7, 11) is 0. The third kappa shape index (κ3) is 5.98. The Morgan fingerprint density at radius 1 is 1.17 bits per heavy atom. The molecule has 2 rings (SSSR count). The molecule has 0 bridgehead atoms. The molecule has 0 spiro atoms. The van der Waals surface area contributed by atoms with Crippen LogP contribution in [0.5, 0.6) is 5.75 Å². The van der Waals surface area contributed by atoms with Gasteiger partial charge in [-0.1, -0.05) is 45.2 Å². The Hall–Kier alpha value is -0.780. The average Bonchev–Trinajstić information content (AvgIpc) is 2.49. The quantitative estimate of drug-likeness (QED) is 0.678. The van der Waals surface area contributed by atoms with Gasteiger partial charge in [-0.3, -0.25) is 0 Å². The number of halogens is 3. The van der Waals surface area contributed by atoms with E-state index < -0.39 is 0 Å². The molecule has 2 N–H and O–H groups in total. The maximum Gasteiger partial charge on any atom is 0.124 e. The summed E-state index contributed by atoms with van der Waals surface area (Å²) in [5.74, 6) is 0.789. The zero-order valence-corrected chi connectivity index (χ0v) is 15.7. The summed E-state index contributed by atoms with van der Waals surface area (Å²) in [5.41, 5.74) is 1.96. The minimum absolute atomic E-state index is 0.386. The van der Waals surface area contributed by atoms with Crippen LogP contribution in [0.15, 0.2) is 40.9 Å². The predicted octanol–water partition coefficient (Wildman–Crippen LogP) is 4.81. The van der Waals surface area contributed by atoms with Crippen LogP contribution in [0.3, 0.4) is 0 Å². The van der Waals surface area contributed by atoms with Crippen molar-refractivity contribution in [1.82, 2.24) is 5.32 Å². The maximum absolute atomic E-state index is 9.33. The molecular formula is C17H18BrCl2NO2. The lowest BCUT2D eigenvalue weighted by Crippen LogP contribution is -2.24. The minimum atomic E-state index is -0.386. The molecule has 124 valence electrons. The van der Waals surface area contributed by atoms with Crippen molar-refractivity contribution >= 4 is 39.1 Å². The van der Waals surface area contributed by atoms with E-state index in [4.69, 9.17) is 27.9 Å². The molecule has 23 heavy (non-hydrogen) atoms. The van der Waals surface area contributed by atoms with Crippen molar-refractivity contribution in [2.75, 3.05) is 6.54 Å². The van der Waals surface area contributed by atoms with Gasteiger partial charge in [0.15, 0.2) is 0 Å². The molecule has 0 aliphatic carbocycles. The summed E-state index contributed by atoms with van der Waals surface area (Å²) >= 11 is 15.4. The third-order valence-corrected chi connectivity index (χ3v) is 4.39. The molecule has 2 aromatic carbocycles. The van der Waals surface area contributed by atoms with Crippen LogP contribution < -0.4 is 10.1 Å². The highest BCUT2D eigenvalue weighted by Gasteiger charge is 2.07. The van der Waals surface area contributed by atoms with E-state index in [1.807, 2.05) is 24.3 Å². The number of hydrogen-bond acceptors (Lipinski definition) is 3. The van der Waals surface area contributed by atoms with Gasteiger partial charge in [0.25, 0.3) is 0 Å². The van der Waals surface area contributed by atoms with E-state index in [0.29, 0.717) is 29.7 Å². The van der Waals surface area contributed by atoms with Crippen molar-refractivity contribution in [2.45, 2.75) is 26.2 Å². The maximum atomic E-state index is 9.33. The molecular weight excluding hydrogens is 401 g/mol. The fourth-order valence-electron chi connectivity index (χ4n) is 2.03. The van der Waals surface area contributed by atoms with Crippen molar-refractivity contribution in [1.29, 1.82) is 0 Å². The number of aliphatic hydroxyl groups excluding tert-OH is 1. The highest BCUT2D eigenvalue weighted by Crippen LogP contribution is 2.26. The van der Waals surface area contributed by atoms with Crippen LogP contribution >= 0.6 is 39.1 Å². The zero-order valence-electron chi connectivity index (χ0n) is 12.7. The lowest BCUT2D eigenvalue weighted by molar-refractivity contribution is 0.190. The van der Waals surface area contributed by atoms with Gasteiger partial charge in [-0.05, 0) is 42.8 Å². The summed E-state index contributed by atoms with van der Waals surface area (Å²) in [5, 5.41) is 13.6. The fourth-order valence-corrected chi connectivity index (χ4v) is 2.76. The molecule has 0 amide bonds. The Kier molecular flexibility index (Phi) is 7.18. The molecule has 0 aliphatic rings. The summed E-state index contributed by atoms with van der Waals surface area (Å²) in [6.45, 7) is 3.29. The van der Waals surface area contributed by atoms with Gasteiger partial charge in [0.05, 0.1) is 16.1 Å². The molecule has 0 saturated heterocycles. The molecule has 0 aromatic heterocycles. The second-order valence-corrected chi connectivity index (χ2v) is 7.00. The molecule has 1 atom stereocenters. The molecule has 3 nitrogen and oxygen atoms in total. The normalized spacial score (nSPS) is 12.2. The second kappa shape index (κ2) is 8.90. The van der Waals surface area contributed by atoms with Crippen molar-refractivity contribution in [3.63, 3.8) is 0 Å². The number of rotatable bonds is 7. The van der Waals surface area contributed by atoms with E-state index in [1.165, 1.54) is 0 Å². The van der Waals surface area contributed by atoms with E-state index in [1.54, 1.807) is 19.1 Å². The van der Waals surface area contributed by atoms with Crippen LogP contribution in [0, 0.1) is 0 Å². The van der Waals surface area contributed by atoms with Crippen LogP contribution in [-0.2, 0) is 13.2 Å². The smallest absolute Gasteiger partial charge is 0.124 e. The first-order valence-electron chi connectivity index (χ1n) is 7.19. The third-order valence-electron chi connectivity index (χ3n) is 3.16. The van der Waals surface area contributed by atoms with Crippen molar-refractivity contribution in [2.24, 2.45) is 0 Å². The van der Waals surface area contributed by atoms with E-state index >= 15 is 0 Å². The number of ether oxygens (including phenoxy) is 1. The highest BCUT2D eigenvalue weighted by molar-refractivity contribution is 9.10. The van der Waals surface area contributed by atoms with Crippen LogP contribution in [0.4, 0.5) is 0 Å². The molecule has 0 aliphatic heterocycles. The SMILES string of the molecule is C[C@H](O)CNCc1cc(Br)ccc1OCc1ccc(Cl)c(Cl)c1. The monoisotopic (exact) mass is 417 g/mol. The molecule has 0 unspecified atom stereocenters. The first-order valence-corrected chi connectivity index (χ1v) is 8.74. The average molecular weight is 419 g/mol. The van der Waals surface area contributed by atoms with E-state index in [9.17, 15) is 5.11 Å². The van der Waals surface area contributed by atoms with Gasteiger partial charge in [0, 0.05) is 23.1 Å². The van der Waals surface area contributed by atoms with Crippen molar-refractivity contribution in [3.05, 3.63) is 62.0 Å². The number of nitrogens with one attached hydrogen (secondary N) is 1. The van der Waals surface area contributed by atoms with Gasteiger partial charge in [-0.15, -0.1) is 0 Å². The van der Waals surface area contributed by atoms with Gasteiger partial charge in [0.2, 0.25) is 0 Å². The van der Waals surface area contributed by atoms with E-state index in [2.05, 4.69) is 21.2 Å². The standard InChI is InChI=1S/C17H18BrCl2NO2/c1-11(22)8-21-9-13-7-14(18)3-5-17(13)23-10-12-2-4-15(19)16(20)6-12/h2-7,11,21-22H,8-10H2,1H3/t11-/m0/s1. The lowest BCUT2D eigenvalue weighted by atomic mass is 10.2. The topological polar surface area (TPSA) is 41.5 Å². The van der Waals surface area contributed by atoms with Crippen LogP contribution in [0.2, 0.25) is 10.0 Å². The Bertz CT molecular complexity index is 665. The Morgan fingerprint density at radius 2 is 1.96 bits per heavy atom. The lowest BCUT2D eigenvalue weighted by Gasteiger charge is -2.14. The summed E-state index contributed by atoms with van der Waals surface area (Å²) in [4.78, 5) is 0. The Balaban J connectivity index is 2.04. The molecule has 0 fully saturated rings. The Morgan fingerprint density at radius 3 is 2.65 bits per heavy atom. The summed E-state index contributed by atoms with van der Waals surface area (Å²) in [6.07, 6.45) is -0.386. The molecule has 6 heteroatoms. The number of benzene rings is 2. The summed E-state index contributed by atoms with van der Waals surface area (Å²) in [6, 6.07) is 11.3. The number of hydrogen-bond donors (Lipinski definition) is 2. The predicted molar refractivity (Wildman–Crippen MR) is 98.3 cm³/mol. The van der Waals surface area contributed by atoms with Gasteiger partial charge < -0.3 is 15.2 Å². The number of aliphatic hydroxyl groups is 1. The molecule has 2 aromatic rings. The fraction of sp³-hybridized carbons (Fsp3) is 0.294. The minimum Gasteiger partial charge on any atom is -0.489 e. The Labute approximate surface area is 154 Å². The largest absolute Gasteiger partial charge is 0.489 e. The van der Waals surface area contributed by atoms with E-state index in [0.717, 1.165) is 21.3 Å². The van der Waals surface area contributed by atoms with Crippen LogP contribution in [0.25, 0.3) is 0 Å². The first kappa shape index (κ1) is 18.6. The van der Waals surface area contributed by atoms with Crippen LogP contribution in [0.1, 0.15) is 18.1 Å². The van der Waals surface area contributed by atoms with E-state index in [-0.39, 0.29) is 6.10 Å². The van der Waals surface area contributed by atoms with Crippen LogP contribution in [-0.4, -0.2) is 17.8 Å². The zero-order chi connectivity index (χ0) is 16.8. The van der Waals surface area contributed by atoms with Gasteiger partial charge in [-0.25, -0.2) is 0 Å². The van der Waals surface area contributed by atoms with Gasteiger partial charge in [-0.2, -0.15) is 0 Å². The molecule has 0 heterocycles. The van der Waals surface area contributed by atoms with Gasteiger partial charge >= 0.3 is 0 Å². The summed E-state index contributed by atoms with van der Waals surface area (Å²) < 4.78 is 6.89. The van der Waals surface area contributed by atoms with Crippen molar-refractivity contribution < 1.29 is 9.84 Å². The van der Waals surface area contributed by atoms with Gasteiger partial charge in [0.1, 0.15) is 12.4 Å². The first-order chi connectivity index (χ1) is 11.0. The highest BCUT2D eigenvalue weighted by atomic mass is 79.9. The molecule has 0 radical (unpaired) electrons.